The van der Waals surface area contributed by atoms with Crippen molar-refractivity contribution in [2.75, 3.05) is 0 Å². The molecular weight excluding hydrogens is 292 g/mol. The summed E-state index contributed by atoms with van der Waals surface area (Å²) >= 11 is 0. The average molecular weight is 312 g/mol. The summed E-state index contributed by atoms with van der Waals surface area (Å²) in [6, 6.07) is 25.5. The second-order valence-electron chi connectivity index (χ2n) is 6.39. The number of benzene rings is 3. The van der Waals surface area contributed by atoms with Gasteiger partial charge < -0.3 is 4.42 Å². The van der Waals surface area contributed by atoms with Gasteiger partial charge in [0.2, 0.25) is 0 Å². The van der Waals surface area contributed by atoms with E-state index in [4.69, 9.17) is 4.42 Å². The molecule has 0 atom stereocenters. The summed E-state index contributed by atoms with van der Waals surface area (Å²) in [7, 11) is 0. The fraction of sp³-hybridized carbons (Fsp3) is 0.130. The quantitative estimate of drug-likeness (QED) is 0.432. The van der Waals surface area contributed by atoms with Crippen LogP contribution in [0.25, 0.3) is 22.1 Å². The van der Waals surface area contributed by atoms with Crippen LogP contribution in [-0.4, -0.2) is 0 Å². The molecule has 0 fully saturated rings. The van der Waals surface area contributed by atoms with Gasteiger partial charge in [-0.1, -0.05) is 66.7 Å². The molecule has 1 aromatic heterocycles. The Balaban J connectivity index is 1.97. The molecule has 24 heavy (non-hydrogen) atoms. The fourth-order valence-corrected chi connectivity index (χ4v) is 3.43. The van der Waals surface area contributed by atoms with E-state index in [1.807, 2.05) is 6.07 Å². The molecule has 0 aliphatic carbocycles. The average Bonchev–Trinajstić information content (AvgIpc) is 2.95. The molecule has 0 bridgehead atoms. The van der Waals surface area contributed by atoms with Crippen molar-refractivity contribution in [3.05, 3.63) is 95.2 Å². The minimum absolute atomic E-state index is 0.804. The van der Waals surface area contributed by atoms with Crippen LogP contribution in [0.5, 0.6) is 0 Å². The Morgan fingerprint density at radius 2 is 1.46 bits per heavy atom. The molecule has 3 aromatic carbocycles. The van der Waals surface area contributed by atoms with Crippen LogP contribution in [0.2, 0.25) is 0 Å². The minimum Gasteiger partial charge on any atom is -0.460 e. The highest BCUT2D eigenvalue weighted by atomic mass is 16.3. The van der Waals surface area contributed by atoms with Gasteiger partial charge in [0.15, 0.2) is 0 Å². The summed E-state index contributed by atoms with van der Waals surface area (Å²) in [5.74, 6) is 1.04. The third-order valence-corrected chi connectivity index (χ3v) is 4.46. The smallest absolute Gasteiger partial charge is 0.137 e. The molecule has 4 aromatic rings. The van der Waals surface area contributed by atoms with Gasteiger partial charge in [-0.15, -0.1) is 0 Å². The molecule has 0 saturated heterocycles. The van der Waals surface area contributed by atoms with Crippen LogP contribution in [0.3, 0.4) is 0 Å². The standard InChI is InChI=1S/C23H20O/c1-16-13-17(2)23-20(14-16)22(19-11-7-4-8-12-19)21(24-23)15-18-9-5-3-6-10-18/h3-14H,15H2,1-2H3. The van der Waals surface area contributed by atoms with Crippen molar-refractivity contribution < 1.29 is 4.42 Å². The van der Waals surface area contributed by atoms with Crippen molar-refractivity contribution in [2.45, 2.75) is 20.3 Å². The highest BCUT2D eigenvalue weighted by molar-refractivity contribution is 5.97. The van der Waals surface area contributed by atoms with Crippen LogP contribution in [0.4, 0.5) is 0 Å². The number of hydrogen-bond donors (Lipinski definition) is 0. The van der Waals surface area contributed by atoms with Crippen LogP contribution in [0, 0.1) is 13.8 Å². The summed E-state index contributed by atoms with van der Waals surface area (Å²) in [4.78, 5) is 0. The Kier molecular flexibility index (Phi) is 3.70. The molecule has 1 nitrogen and oxygen atoms in total. The Bertz CT molecular complexity index is 979. The Morgan fingerprint density at radius 1 is 0.792 bits per heavy atom. The van der Waals surface area contributed by atoms with Gasteiger partial charge in [0.05, 0.1) is 0 Å². The number of furan rings is 1. The predicted molar refractivity (Wildman–Crippen MR) is 100 cm³/mol. The third-order valence-electron chi connectivity index (χ3n) is 4.46. The van der Waals surface area contributed by atoms with E-state index in [1.165, 1.54) is 33.2 Å². The summed E-state index contributed by atoms with van der Waals surface area (Å²) in [5.41, 5.74) is 7.17. The third kappa shape index (κ3) is 2.63. The first-order valence-electron chi connectivity index (χ1n) is 8.34. The van der Waals surface area contributed by atoms with Crippen molar-refractivity contribution in [3.63, 3.8) is 0 Å². The van der Waals surface area contributed by atoms with Crippen molar-refractivity contribution in [3.8, 4) is 11.1 Å². The molecule has 0 spiro atoms. The maximum Gasteiger partial charge on any atom is 0.137 e. The van der Waals surface area contributed by atoms with Crippen LogP contribution in [0.15, 0.2) is 77.2 Å². The van der Waals surface area contributed by atoms with Gasteiger partial charge in [0.1, 0.15) is 11.3 Å². The van der Waals surface area contributed by atoms with Crippen LogP contribution in [-0.2, 0) is 6.42 Å². The first-order valence-corrected chi connectivity index (χ1v) is 8.34. The van der Waals surface area contributed by atoms with E-state index in [2.05, 4.69) is 80.6 Å². The van der Waals surface area contributed by atoms with E-state index in [1.54, 1.807) is 0 Å². The Morgan fingerprint density at radius 3 is 2.17 bits per heavy atom. The maximum absolute atomic E-state index is 6.34. The van der Waals surface area contributed by atoms with Gasteiger partial charge >= 0.3 is 0 Å². The molecule has 1 heterocycles. The molecule has 1 heteroatoms. The van der Waals surface area contributed by atoms with Gasteiger partial charge in [0, 0.05) is 17.4 Å². The molecule has 0 unspecified atom stereocenters. The highest BCUT2D eigenvalue weighted by Gasteiger charge is 2.17. The number of rotatable bonds is 3. The monoisotopic (exact) mass is 312 g/mol. The van der Waals surface area contributed by atoms with Gasteiger partial charge in [-0.05, 0) is 42.2 Å². The Hall–Kier alpha value is -2.80. The second kappa shape index (κ2) is 6.01. The van der Waals surface area contributed by atoms with Gasteiger partial charge in [-0.2, -0.15) is 0 Å². The molecular formula is C23H20O. The lowest BCUT2D eigenvalue weighted by Crippen LogP contribution is -1.88. The van der Waals surface area contributed by atoms with Gasteiger partial charge in [-0.25, -0.2) is 0 Å². The summed E-state index contributed by atoms with van der Waals surface area (Å²) < 4.78 is 6.34. The maximum atomic E-state index is 6.34. The first kappa shape index (κ1) is 14.8. The number of hydrogen-bond acceptors (Lipinski definition) is 1. The normalized spacial score (nSPS) is 11.1. The van der Waals surface area contributed by atoms with E-state index >= 15 is 0 Å². The van der Waals surface area contributed by atoms with E-state index in [9.17, 15) is 0 Å². The van der Waals surface area contributed by atoms with Gasteiger partial charge in [0.25, 0.3) is 0 Å². The zero-order valence-corrected chi connectivity index (χ0v) is 14.0. The van der Waals surface area contributed by atoms with Crippen molar-refractivity contribution in [1.29, 1.82) is 0 Å². The SMILES string of the molecule is Cc1cc(C)c2oc(Cc3ccccc3)c(-c3ccccc3)c2c1. The van der Waals surface area contributed by atoms with Crippen LogP contribution < -0.4 is 0 Å². The molecule has 0 aliphatic rings. The lowest BCUT2D eigenvalue weighted by atomic mass is 9.97. The van der Waals surface area contributed by atoms with E-state index in [-0.39, 0.29) is 0 Å². The lowest BCUT2D eigenvalue weighted by molar-refractivity contribution is 0.562. The minimum atomic E-state index is 0.804. The van der Waals surface area contributed by atoms with Crippen molar-refractivity contribution in [1.82, 2.24) is 0 Å². The topological polar surface area (TPSA) is 13.1 Å². The number of aryl methyl sites for hydroxylation is 2. The zero-order chi connectivity index (χ0) is 16.5. The van der Waals surface area contributed by atoms with E-state index < -0.39 is 0 Å². The molecule has 0 saturated carbocycles. The highest BCUT2D eigenvalue weighted by Crippen LogP contribution is 2.38. The second-order valence-corrected chi connectivity index (χ2v) is 6.39. The molecule has 0 radical (unpaired) electrons. The van der Waals surface area contributed by atoms with Gasteiger partial charge in [-0.3, -0.25) is 0 Å². The first-order chi connectivity index (χ1) is 11.7. The summed E-state index contributed by atoms with van der Waals surface area (Å²) in [5, 5.41) is 1.21. The molecule has 4 rings (SSSR count). The van der Waals surface area contributed by atoms with Crippen molar-refractivity contribution >= 4 is 11.0 Å². The fourth-order valence-electron chi connectivity index (χ4n) is 3.43. The van der Waals surface area contributed by atoms with E-state index in [0.29, 0.717) is 0 Å². The van der Waals surface area contributed by atoms with E-state index in [0.717, 1.165) is 17.8 Å². The molecule has 0 aliphatic heterocycles. The number of fused-ring (bicyclic) bond motifs is 1. The summed E-state index contributed by atoms with van der Waals surface area (Å²) in [6.45, 7) is 4.27. The lowest BCUT2D eigenvalue weighted by Gasteiger charge is -2.04. The molecule has 0 amide bonds. The van der Waals surface area contributed by atoms with Crippen molar-refractivity contribution in [2.24, 2.45) is 0 Å². The predicted octanol–water partition coefficient (Wildman–Crippen LogP) is 6.31. The van der Waals surface area contributed by atoms with Crippen LogP contribution >= 0.6 is 0 Å². The largest absolute Gasteiger partial charge is 0.460 e. The molecule has 118 valence electrons. The molecule has 0 N–H and O–H groups in total. The van der Waals surface area contributed by atoms with Crippen LogP contribution in [0.1, 0.15) is 22.5 Å². The Labute approximate surface area is 142 Å². The summed E-state index contributed by atoms with van der Waals surface area (Å²) in [6.07, 6.45) is 0.804. The zero-order valence-electron chi connectivity index (χ0n) is 14.0.